The van der Waals surface area contributed by atoms with E-state index in [9.17, 15) is 8.78 Å². The number of carbonyl (C=O) groups is 2. The maximum absolute atomic E-state index is 13.7. The van der Waals surface area contributed by atoms with E-state index >= 15 is 0 Å². The van der Waals surface area contributed by atoms with Crippen LogP contribution in [0.5, 0.6) is 0 Å². The van der Waals surface area contributed by atoms with Gasteiger partial charge in [-0.15, -0.1) is 0 Å². The molecular formula is C20H22F2N2O4. The molecule has 0 spiro atoms. The molecule has 0 saturated carbocycles. The summed E-state index contributed by atoms with van der Waals surface area (Å²) in [5.74, 6) is -3.97. The summed E-state index contributed by atoms with van der Waals surface area (Å²) in [6.45, 7) is 5.26. The Morgan fingerprint density at radius 2 is 1.29 bits per heavy atom. The lowest BCUT2D eigenvalue weighted by Crippen LogP contribution is -2.45. The van der Waals surface area contributed by atoms with Gasteiger partial charge in [-0.25, -0.2) is 18.4 Å². The summed E-state index contributed by atoms with van der Waals surface area (Å²) in [6, 6.07) is 13.6. The van der Waals surface area contributed by atoms with Crippen molar-refractivity contribution in [1.29, 1.82) is 0 Å². The molecule has 2 aromatic rings. The third-order valence-electron chi connectivity index (χ3n) is 4.32. The minimum absolute atomic E-state index is 0.128. The van der Waals surface area contributed by atoms with Crippen LogP contribution in [0, 0.1) is 11.6 Å². The topological polar surface area (TPSA) is 81.1 Å². The standard InChI is InChI=1S/C18H20F2N2.C2H2O4/c19-17-7-5-15(6-8-17)13-21-9-11-22(12-10-21)14-16-3-1-2-4-18(16)20;3-1(4)2(5)6/h1-8H,9-14H2;(H,3,4)(H,5,6). The number of piperazine rings is 1. The maximum atomic E-state index is 13.7. The van der Waals surface area contributed by atoms with Gasteiger partial charge in [0.15, 0.2) is 0 Å². The van der Waals surface area contributed by atoms with Crippen LogP contribution in [0.15, 0.2) is 48.5 Å². The molecule has 1 heterocycles. The lowest BCUT2D eigenvalue weighted by molar-refractivity contribution is -0.159. The number of rotatable bonds is 4. The molecule has 1 saturated heterocycles. The van der Waals surface area contributed by atoms with E-state index in [1.807, 2.05) is 24.3 Å². The predicted octanol–water partition coefficient (Wildman–Crippen LogP) is 2.44. The van der Waals surface area contributed by atoms with E-state index in [4.69, 9.17) is 19.8 Å². The summed E-state index contributed by atoms with van der Waals surface area (Å²) in [5, 5.41) is 14.8. The minimum atomic E-state index is -1.82. The first-order valence-electron chi connectivity index (χ1n) is 8.74. The van der Waals surface area contributed by atoms with Crippen LogP contribution >= 0.6 is 0 Å². The highest BCUT2D eigenvalue weighted by atomic mass is 19.1. The molecule has 8 heteroatoms. The molecule has 6 nitrogen and oxygen atoms in total. The van der Waals surface area contributed by atoms with Crippen LogP contribution in [-0.4, -0.2) is 58.1 Å². The predicted molar refractivity (Wildman–Crippen MR) is 98.6 cm³/mol. The van der Waals surface area contributed by atoms with Crippen molar-refractivity contribution in [2.24, 2.45) is 0 Å². The first-order chi connectivity index (χ1) is 13.3. The van der Waals surface area contributed by atoms with E-state index in [1.54, 1.807) is 6.07 Å². The van der Waals surface area contributed by atoms with E-state index in [1.165, 1.54) is 18.2 Å². The molecule has 0 radical (unpaired) electrons. The zero-order chi connectivity index (χ0) is 20.5. The van der Waals surface area contributed by atoms with Crippen molar-refractivity contribution in [3.63, 3.8) is 0 Å². The van der Waals surface area contributed by atoms with Crippen LogP contribution in [0.25, 0.3) is 0 Å². The van der Waals surface area contributed by atoms with Gasteiger partial charge in [0.05, 0.1) is 0 Å². The summed E-state index contributed by atoms with van der Waals surface area (Å²) in [7, 11) is 0. The third-order valence-corrected chi connectivity index (χ3v) is 4.32. The SMILES string of the molecule is Fc1ccc(CN2CCN(Cc3ccccc3F)CC2)cc1.O=C(O)C(=O)O. The fourth-order valence-electron chi connectivity index (χ4n) is 2.82. The van der Waals surface area contributed by atoms with Gasteiger partial charge in [0.1, 0.15) is 11.6 Å². The molecule has 0 aromatic heterocycles. The average molecular weight is 392 g/mol. The van der Waals surface area contributed by atoms with Gasteiger partial charge in [-0.1, -0.05) is 30.3 Å². The van der Waals surface area contributed by atoms with E-state index in [-0.39, 0.29) is 11.6 Å². The number of halogens is 2. The van der Waals surface area contributed by atoms with Crippen molar-refractivity contribution in [1.82, 2.24) is 9.80 Å². The molecule has 1 fully saturated rings. The summed E-state index contributed by atoms with van der Waals surface area (Å²) in [5.41, 5.74) is 1.89. The van der Waals surface area contributed by atoms with Gasteiger partial charge in [-0.2, -0.15) is 0 Å². The van der Waals surface area contributed by atoms with Gasteiger partial charge in [0.2, 0.25) is 0 Å². The molecule has 2 aromatic carbocycles. The second-order valence-electron chi connectivity index (χ2n) is 6.38. The van der Waals surface area contributed by atoms with Gasteiger partial charge >= 0.3 is 11.9 Å². The van der Waals surface area contributed by atoms with Gasteiger partial charge in [-0.05, 0) is 23.8 Å². The van der Waals surface area contributed by atoms with Crippen molar-refractivity contribution >= 4 is 11.9 Å². The second kappa shape index (κ2) is 10.5. The monoisotopic (exact) mass is 392 g/mol. The summed E-state index contributed by atoms with van der Waals surface area (Å²) in [4.78, 5) is 22.8. The molecule has 150 valence electrons. The van der Waals surface area contributed by atoms with Crippen molar-refractivity contribution in [3.05, 3.63) is 71.3 Å². The Kier molecular flexibility index (Phi) is 8.03. The lowest BCUT2D eigenvalue weighted by Gasteiger charge is -2.34. The molecule has 28 heavy (non-hydrogen) atoms. The van der Waals surface area contributed by atoms with Gasteiger partial charge < -0.3 is 10.2 Å². The number of carboxylic acids is 2. The largest absolute Gasteiger partial charge is 0.473 e. The Bertz CT molecular complexity index is 779. The maximum Gasteiger partial charge on any atom is 0.414 e. The Balaban J connectivity index is 0.000000409. The number of hydrogen-bond acceptors (Lipinski definition) is 4. The smallest absolute Gasteiger partial charge is 0.414 e. The quantitative estimate of drug-likeness (QED) is 0.778. The molecule has 1 aliphatic rings. The average Bonchev–Trinajstić information content (AvgIpc) is 2.67. The number of nitrogens with zero attached hydrogens (tertiary/aromatic N) is 2. The van der Waals surface area contributed by atoms with E-state index in [0.717, 1.165) is 43.9 Å². The first-order valence-corrected chi connectivity index (χ1v) is 8.74. The lowest BCUT2D eigenvalue weighted by atomic mass is 10.1. The highest BCUT2D eigenvalue weighted by Crippen LogP contribution is 2.14. The third kappa shape index (κ3) is 7.05. The van der Waals surface area contributed by atoms with Crippen LogP contribution in [0.4, 0.5) is 8.78 Å². The van der Waals surface area contributed by atoms with Crippen LogP contribution in [0.1, 0.15) is 11.1 Å². The van der Waals surface area contributed by atoms with E-state index in [2.05, 4.69) is 9.80 Å². The number of aliphatic carboxylic acids is 2. The van der Waals surface area contributed by atoms with Gasteiger partial charge in [-0.3, -0.25) is 9.80 Å². The fraction of sp³-hybridized carbons (Fsp3) is 0.300. The molecule has 1 aliphatic heterocycles. The molecule has 2 N–H and O–H groups in total. The van der Waals surface area contributed by atoms with Gasteiger partial charge in [0, 0.05) is 44.8 Å². The van der Waals surface area contributed by atoms with Crippen molar-refractivity contribution in [3.8, 4) is 0 Å². The van der Waals surface area contributed by atoms with E-state index in [0.29, 0.717) is 6.54 Å². The van der Waals surface area contributed by atoms with Crippen molar-refractivity contribution in [2.75, 3.05) is 26.2 Å². The Labute approximate surface area is 161 Å². The zero-order valence-corrected chi connectivity index (χ0v) is 15.2. The molecule has 0 unspecified atom stereocenters. The van der Waals surface area contributed by atoms with Gasteiger partial charge in [0.25, 0.3) is 0 Å². The fourth-order valence-corrected chi connectivity index (χ4v) is 2.82. The first kappa shape index (κ1) is 21.5. The number of hydrogen-bond donors (Lipinski definition) is 2. The Morgan fingerprint density at radius 3 is 1.79 bits per heavy atom. The molecule has 0 atom stereocenters. The summed E-state index contributed by atoms with van der Waals surface area (Å²) in [6.07, 6.45) is 0. The van der Waals surface area contributed by atoms with Crippen LogP contribution in [0.3, 0.4) is 0 Å². The minimum Gasteiger partial charge on any atom is -0.473 e. The van der Waals surface area contributed by atoms with Crippen LogP contribution < -0.4 is 0 Å². The normalized spacial score (nSPS) is 14.8. The number of carboxylic acid groups (broad SMARTS) is 2. The molecule has 0 bridgehead atoms. The molecule has 0 aliphatic carbocycles. The van der Waals surface area contributed by atoms with Crippen molar-refractivity contribution in [2.45, 2.75) is 13.1 Å². The van der Waals surface area contributed by atoms with Crippen LogP contribution in [-0.2, 0) is 22.7 Å². The van der Waals surface area contributed by atoms with E-state index < -0.39 is 11.9 Å². The summed E-state index contributed by atoms with van der Waals surface area (Å²) >= 11 is 0. The van der Waals surface area contributed by atoms with Crippen LogP contribution in [0.2, 0.25) is 0 Å². The highest BCUT2D eigenvalue weighted by molar-refractivity contribution is 6.27. The Hall–Kier alpha value is -2.84. The molecule has 0 amide bonds. The summed E-state index contributed by atoms with van der Waals surface area (Å²) < 4.78 is 26.6. The zero-order valence-electron chi connectivity index (χ0n) is 15.2. The highest BCUT2D eigenvalue weighted by Gasteiger charge is 2.18. The van der Waals surface area contributed by atoms with Crippen molar-refractivity contribution < 1.29 is 28.6 Å². The number of benzene rings is 2. The second-order valence-corrected chi connectivity index (χ2v) is 6.38. The molecular weight excluding hydrogens is 370 g/mol. The molecule has 3 rings (SSSR count). The Morgan fingerprint density at radius 1 is 0.786 bits per heavy atom.